The lowest BCUT2D eigenvalue weighted by Crippen LogP contribution is -2.33. The molecule has 4 aromatic carbocycles. The third kappa shape index (κ3) is 4.25. The maximum Gasteiger partial charge on any atom is 0.333 e. The lowest BCUT2D eigenvalue weighted by molar-refractivity contribution is 0.482. The van der Waals surface area contributed by atoms with Gasteiger partial charge in [0.25, 0.3) is 11.1 Å². The summed E-state index contributed by atoms with van der Waals surface area (Å²) in [6.07, 6.45) is 0. The van der Waals surface area contributed by atoms with Crippen LogP contribution < -0.4 is 27.2 Å². The first-order chi connectivity index (χ1) is 18.8. The van der Waals surface area contributed by atoms with Gasteiger partial charge < -0.3 is 14.7 Å². The minimum Gasteiger partial charge on any atom is -0.457 e. The molecule has 0 spiro atoms. The van der Waals surface area contributed by atoms with Crippen molar-refractivity contribution in [1.82, 2.24) is 19.1 Å². The zero-order chi connectivity index (χ0) is 27.3. The monoisotopic (exact) mass is 518 g/mol. The molecule has 0 radical (unpaired) electrons. The van der Waals surface area contributed by atoms with Crippen molar-refractivity contribution in [2.45, 2.75) is 13.8 Å². The highest BCUT2D eigenvalue weighted by molar-refractivity contribution is 5.79. The molecule has 0 atom stereocenters. The Bertz CT molecular complexity index is 1980. The van der Waals surface area contributed by atoms with Gasteiger partial charge >= 0.3 is 11.4 Å². The summed E-state index contributed by atoms with van der Waals surface area (Å²) in [5.41, 5.74) is 1.72. The highest BCUT2D eigenvalue weighted by atomic mass is 16.5. The van der Waals surface area contributed by atoms with Crippen LogP contribution in [0.3, 0.4) is 0 Å². The van der Waals surface area contributed by atoms with E-state index in [-0.39, 0.29) is 0 Å². The number of hydrogen-bond donors (Lipinski definition) is 2. The average molecular weight is 519 g/mol. The Morgan fingerprint density at radius 1 is 0.538 bits per heavy atom. The van der Waals surface area contributed by atoms with Crippen molar-refractivity contribution in [3.05, 3.63) is 138 Å². The number of nitrogens with zero attached hydrogens (tertiary/aromatic N) is 2. The summed E-state index contributed by atoms with van der Waals surface area (Å²) in [5, 5.41) is 0.851. The first kappa shape index (κ1) is 23.9. The van der Waals surface area contributed by atoms with E-state index in [0.29, 0.717) is 44.7 Å². The smallest absolute Gasteiger partial charge is 0.333 e. The van der Waals surface area contributed by atoms with E-state index in [2.05, 4.69) is 9.97 Å². The van der Waals surface area contributed by atoms with Gasteiger partial charge in [-0.2, -0.15) is 0 Å². The molecule has 0 amide bonds. The van der Waals surface area contributed by atoms with Crippen LogP contribution in [-0.4, -0.2) is 19.1 Å². The molecule has 0 saturated carbocycles. The topological polar surface area (TPSA) is 119 Å². The first-order valence-electron chi connectivity index (χ1n) is 12.2. The van der Waals surface area contributed by atoms with E-state index >= 15 is 0 Å². The SMILES string of the molecule is Cc1ccc2[nH]c(=O)n(-c3ccc(Oc4ccc(-n5c(=O)[nH]c6ccc(C)cc6c5=O)cc4)cc3)c(=O)c2c1. The number of benzene rings is 4. The van der Waals surface area contributed by atoms with Crippen LogP contribution in [-0.2, 0) is 0 Å². The molecule has 2 heterocycles. The zero-order valence-corrected chi connectivity index (χ0v) is 21.0. The summed E-state index contributed by atoms with van der Waals surface area (Å²) in [6.45, 7) is 3.76. The molecular formula is C30H22N4O5. The van der Waals surface area contributed by atoms with Gasteiger partial charge in [0.1, 0.15) is 11.5 Å². The fourth-order valence-corrected chi connectivity index (χ4v) is 4.59. The number of hydrogen-bond acceptors (Lipinski definition) is 5. The predicted molar refractivity (Wildman–Crippen MR) is 150 cm³/mol. The van der Waals surface area contributed by atoms with Crippen molar-refractivity contribution in [3.63, 3.8) is 0 Å². The van der Waals surface area contributed by atoms with E-state index in [1.807, 2.05) is 26.0 Å². The molecule has 9 heteroatoms. The van der Waals surface area contributed by atoms with Crippen molar-refractivity contribution in [2.24, 2.45) is 0 Å². The Balaban J connectivity index is 1.28. The molecule has 192 valence electrons. The Hall–Kier alpha value is -5.44. The molecule has 2 N–H and O–H groups in total. The normalized spacial score (nSPS) is 11.2. The summed E-state index contributed by atoms with van der Waals surface area (Å²) in [4.78, 5) is 56.8. The van der Waals surface area contributed by atoms with E-state index in [1.54, 1.807) is 72.8 Å². The van der Waals surface area contributed by atoms with Crippen LogP contribution in [0.25, 0.3) is 33.2 Å². The van der Waals surface area contributed by atoms with Gasteiger partial charge in [-0.3, -0.25) is 9.59 Å². The van der Waals surface area contributed by atoms with Gasteiger partial charge in [-0.25, -0.2) is 18.7 Å². The number of aromatic nitrogens is 4. The van der Waals surface area contributed by atoms with Crippen molar-refractivity contribution in [2.75, 3.05) is 0 Å². The van der Waals surface area contributed by atoms with E-state index in [4.69, 9.17) is 4.74 Å². The lowest BCUT2D eigenvalue weighted by Gasteiger charge is -2.10. The molecule has 0 bridgehead atoms. The molecular weight excluding hydrogens is 496 g/mol. The van der Waals surface area contributed by atoms with Crippen LogP contribution in [0.4, 0.5) is 0 Å². The van der Waals surface area contributed by atoms with Gasteiger partial charge in [0.05, 0.1) is 33.2 Å². The second-order valence-corrected chi connectivity index (χ2v) is 9.33. The van der Waals surface area contributed by atoms with Crippen LogP contribution in [0.15, 0.2) is 104 Å². The molecule has 0 unspecified atom stereocenters. The lowest BCUT2D eigenvalue weighted by atomic mass is 10.1. The Morgan fingerprint density at radius 3 is 1.31 bits per heavy atom. The number of aryl methyl sites for hydroxylation is 2. The predicted octanol–water partition coefficient (Wildman–Crippen LogP) is 4.08. The van der Waals surface area contributed by atoms with Gasteiger partial charge in [-0.05, 0) is 86.6 Å². The van der Waals surface area contributed by atoms with Crippen LogP contribution in [0, 0.1) is 13.8 Å². The van der Waals surface area contributed by atoms with Crippen molar-refractivity contribution in [1.29, 1.82) is 0 Å². The van der Waals surface area contributed by atoms with E-state index < -0.39 is 22.5 Å². The number of rotatable bonds is 4. The molecule has 0 aliphatic rings. The van der Waals surface area contributed by atoms with E-state index in [1.165, 1.54) is 0 Å². The van der Waals surface area contributed by atoms with E-state index in [0.717, 1.165) is 20.3 Å². The summed E-state index contributed by atoms with van der Waals surface area (Å²) >= 11 is 0. The fourth-order valence-electron chi connectivity index (χ4n) is 4.59. The summed E-state index contributed by atoms with van der Waals surface area (Å²) in [6, 6.07) is 23.7. The Kier molecular flexibility index (Phi) is 5.61. The number of nitrogens with one attached hydrogen (secondary N) is 2. The maximum absolute atomic E-state index is 13.0. The largest absolute Gasteiger partial charge is 0.457 e. The van der Waals surface area contributed by atoms with Crippen LogP contribution in [0.2, 0.25) is 0 Å². The number of ether oxygens (including phenoxy) is 1. The number of fused-ring (bicyclic) bond motifs is 2. The zero-order valence-electron chi connectivity index (χ0n) is 21.0. The van der Waals surface area contributed by atoms with Crippen LogP contribution in [0.1, 0.15) is 11.1 Å². The molecule has 39 heavy (non-hydrogen) atoms. The number of aromatic amines is 2. The molecule has 2 aromatic heterocycles. The summed E-state index contributed by atoms with van der Waals surface area (Å²) < 4.78 is 8.07. The minimum absolute atomic E-state index is 0.400. The van der Waals surface area contributed by atoms with Gasteiger partial charge in [0, 0.05) is 0 Å². The van der Waals surface area contributed by atoms with Crippen molar-refractivity contribution < 1.29 is 4.74 Å². The van der Waals surface area contributed by atoms with Gasteiger partial charge in [0.15, 0.2) is 0 Å². The standard InChI is InChI=1S/C30H22N4O5/c1-17-3-13-25-23(15-17)27(35)33(29(37)31-25)19-5-9-21(10-6-19)39-22-11-7-20(8-12-22)34-28(36)24-16-18(2)4-14-26(24)32-30(34)38/h3-16H,1-2H3,(H,31,37)(H,32,38). The third-order valence-electron chi connectivity index (χ3n) is 6.53. The van der Waals surface area contributed by atoms with Gasteiger partial charge in [0.2, 0.25) is 0 Å². The third-order valence-corrected chi connectivity index (χ3v) is 6.53. The fraction of sp³-hybridized carbons (Fsp3) is 0.0667. The van der Waals surface area contributed by atoms with Crippen molar-refractivity contribution in [3.8, 4) is 22.9 Å². The molecule has 0 saturated heterocycles. The maximum atomic E-state index is 13.0. The minimum atomic E-state index is -0.533. The first-order valence-corrected chi connectivity index (χ1v) is 12.2. The van der Waals surface area contributed by atoms with Gasteiger partial charge in [-0.15, -0.1) is 0 Å². The summed E-state index contributed by atoms with van der Waals surface area (Å²) in [7, 11) is 0. The molecule has 0 aliphatic heterocycles. The van der Waals surface area contributed by atoms with Crippen LogP contribution >= 0.6 is 0 Å². The highest BCUT2D eigenvalue weighted by Gasteiger charge is 2.12. The molecule has 9 nitrogen and oxygen atoms in total. The highest BCUT2D eigenvalue weighted by Crippen LogP contribution is 2.23. The molecule has 0 fully saturated rings. The Labute approximate surface area is 220 Å². The molecule has 6 aromatic rings. The quantitative estimate of drug-likeness (QED) is 0.365. The number of H-pyrrole nitrogens is 2. The molecule has 6 rings (SSSR count). The summed E-state index contributed by atoms with van der Waals surface area (Å²) in [5.74, 6) is 0.951. The second kappa shape index (κ2) is 9.14. The van der Waals surface area contributed by atoms with Gasteiger partial charge in [-0.1, -0.05) is 23.3 Å². The second-order valence-electron chi connectivity index (χ2n) is 9.33. The van der Waals surface area contributed by atoms with Crippen molar-refractivity contribution >= 4 is 21.8 Å². The van der Waals surface area contributed by atoms with Crippen LogP contribution in [0.5, 0.6) is 11.5 Å². The Morgan fingerprint density at radius 2 is 0.923 bits per heavy atom. The average Bonchev–Trinajstić information content (AvgIpc) is 2.92. The molecule has 0 aliphatic carbocycles. The van der Waals surface area contributed by atoms with E-state index in [9.17, 15) is 19.2 Å².